The van der Waals surface area contributed by atoms with Gasteiger partial charge in [-0.1, -0.05) is 11.6 Å². The molecule has 0 aromatic heterocycles. The molecule has 1 aliphatic heterocycles. The lowest BCUT2D eigenvalue weighted by molar-refractivity contribution is 0.157. The molecule has 1 N–H and O–H groups in total. The largest absolute Gasteiger partial charge is 0.486 e. The molecule has 2 rings (SSSR count). The summed E-state index contributed by atoms with van der Waals surface area (Å²) >= 11 is 6.21. The fraction of sp³-hybridized carbons (Fsp3) is 0.571. The van der Waals surface area contributed by atoms with E-state index in [2.05, 4.69) is 18.7 Å². The number of aliphatic hydroxyl groups is 1. The standard InChI is InChI=1S/C14H20ClNO3/c1-10(2)16(3-4-17)9-11-7-12(15)14-13(8-11)18-5-6-19-14/h7-8,10,17H,3-6,9H2,1-2H3. The summed E-state index contributed by atoms with van der Waals surface area (Å²) in [5.74, 6) is 1.34. The summed E-state index contributed by atoms with van der Waals surface area (Å²) in [5, 5.41) is 9.68. The Morgan fingerprint density at radius 1 is 1.32 bits per heavy atom. The van der Waals surface area contributed by atoms with E-state index in [-0.39, 0.29) is 6.61 Å². The minimum atomic E-state index is 0.149. The minimum absolute atomic E-state index is 0.149. The first kappa shape index (κ1) is 14.4. The van der Waals surface area contributed by atoms with Gasteiger partial charge in [-0.3, -0.25) is 4.90 Å². The Labute approximate surface area is 118 Å². The van der Waals surface area contributed by atoms with Crippen LogP contribution in [0.1, 0.15) is 19.4 Å². The van der Waals surface area contributed by atoms with Crippen LogP contribution >= 0.6 is 11.6 Å². The number of hydrogen-bond donors (Lipinski definition) is 1. The van der Waals surface area contributed by atoms with Crippen LogP contribution in [0.15, 0.2) is 12.1 Å². The zero-order valence-electron chi connectivity index (χ0n) is 11.4. The summed E-state index contributed by atoms with van der Waals surface area (Å²) < 4.78 is 11.1. The van der Waals surface area contributed by atoms with E-state index in [0.717, 1.165) is 12.1 Å². The fourth-order valence-corrected chi connectivity index (χ4v) is 2.43. The number of halogens is 1. The molecule has 1 aromatic carbocycles. The van der Waals surface area contributed by atoms with Crippen LogP contribution in [0.4, 0.5) is 0 Å². The summed E-state index contributed by atoms with van der Waals surface area (Å²) in [5.41, 5.74) is 1.07. The van der Waals surface area contributed by atoms with E-state index in [1.165, 1.54) is 0 Å². The van der Waals surface area contributed by atoms with Gasteiger partial charge in [0.1, 0.15) is 13.2 Å². The molecular formula is C14H20ClNO3. The van der Waals surface area contributed by atoms with E-state index >= 15 is 0 Å². The molecule has 1 heterocycles. The van der Waals surface area contributed by atoms with E-state index in [1.54, 1.807) is 0 Å². The molecule has 106 valence electrons. The molecule has 0 unspecified atom stereocenters. The number of aliphatic hydroxyl groups excluding tert-OH is 1. The Hall–Kier alpha value is -0.970. The molecule has 5 heteroatoms. The van der Waals surface area contributed by atoms with E-state index in [0.29, 0.717) is 42.3 Å². The molecule has 4 nitrogen and oxygen atoms in total. The SMILES string of the molecule is CC(C)N(CCO)Cc1cc(Cl)c2c(c1)OCCO2. The van der Waals surface area contributed by atoms with E-state index in [9.17, 15) is 0 Å². The Bertz CT molecular complexity index is 437. The molecule has 0 radical (unpaired) electrons. The molecule has 0 fully saturated rings. The van der Waals surface area contributed by atoms with Gasteiger partial charge in [0.15, 0.2) is 11.5 Å². The summed E-state index contributed by atoms with van der Waals surface area (Å²) in [6.45, 7) is 6.82. The number of nitrogens with zero attached hydrogens (tertiary/aromatic N) is 1. The van der Waals surface area contributed by atoms with Gasteiger partial charge in [-0.25, -0.2) is 0 Å². The molecule has 0 saturated carbocycles. The highest BCUT2D eigenvalue weighted by molar-refractivity contribution is 6.32. The third-order valence-electron chi connectivity index (χ3n) is 3.16. The zero-order valence-corrected chi connectivity index (χ0v) is 12.1. The van der Waals surface area contributed by atoms with Gasteiger partial charge in [-0.2, -0.15) is 0 Å². The molecule has 1 aromatic rings. The predicted octanol–water partition coefficient (Wildman–Crippen LogP) is 2.31. The molecular weight excluding hydrogens is 266 g/mol. The van der Waals surface area contributed by atoms with Gasteiger partial charge in [0.25, 0.3) is 0 Å². The highest BCUT2D eigenvalue weighted by atomic mass is 35.5. The Kier molecular flexibility index (Phi) is 4.91. The maximum Gasteiger partial charge on any atom is 0.179 e. The van der Waals surface area contributed by atoms with Crippen molar-refractivity contribution in [2.24, 2.45) is 0 Å². The van der Waals surface area contributed by atoms with Crippen molar-refractivity contribution < 1.29 is 14.6 Å². The number of hydrogen-bond acceptors (Lipinski definition) is 4. The lowest BCUT2D eigenvalue weighted by atomic mass is 10.1. The second-order valence-electron chi connectivity index (χ2n) is 4.89. The lowest BCUT2D eigenvalue weighted by Gasteiger charge is -2.27. The Morgan fingerprint density at radius 2 is 2.05 bits per heavy atom. The van der Waals surface area contributed by atoms with Crippen molar-refractivity contribution in [3.63, 3.8) is 0 Å². The second-order valence-corrected chi connectivity index (χ2v) is 5.30. The average Bonchev–Trinajstić information content (AvgIpc) is 2.38. The summed E-state index contributed by atoms with van der Waals surface area (Å²) in [4.78, 5) is 2.18. The van der Waals surface area contributed by atoms with Gasteiger partial charge in [0.05, 0.1) is 11.6 Å². The van der Waals surface area contributed by atoms with Crippen molar-refractivity contribution in [3.8, 4) is 11.5 Å². The number of ether oxygens (including phenoxy) is 2. The van der Waals surface area contributed by atoms with Crippen molar-refractivity contribution in [1.82, 2.24) is 4.90 Å². The fourth-order valence-electron chi connectivity index (χ4n) is 2.14. The van der Waals surface area contributed by atoms with Gasteiger partial charge in [0.2, 0.25) is 0 Å². The summed E-state index contributed by atoms with van der Waals surface area (Å²) in [6, 6.07) is 4.23. The smallest absolute Gasteiger partial charge is 0.179 e. The van der Waals surface area contributed by atoms with Crippen molar-refractivity contribution in [2.75, 3.05) is 26.4 Å². The summed E-state index contributed by atoms with van der Waals surface area (Å²) in [6.07, 6.45) is 0. The van der Waals surface area contributed by atoms with E-state index < -0.39 is 0 Å². The maximum atomic E-state index is 9.10. The maximum absolute atomic E-state index is 9.10. The van der Waals surface area contributed by atoms with Crippen LogP contribution in [0, 0.1) is 0 Å². The van der Waals surface area contributed by atoms with Crippen LogP contribution < -0.4 is 9.47 Å². The number of rotatable bonds is 5. The topological polar surface area (TPSA) is 41.9 Å². The molecule has 19 heavy (non-hydrogen) atoms. The van der Waals surface area contributed by atoms with Gasteiger partial charge < -0.3 is 14.6 Å². The minimum Gasteiger partial charge on any atom is -0.486 e. The quantitative estimate of drug-likeness (QED) is 0.901. The monoisotopic (exact) mass is 285 g/mol. The first-order chi connectivity index (χ1) is 9.11. The van der Waals surface area contributed by atoms with Crippen molar-refractivity contribution in [3.05, 3.63) is 22.7 Å². The molecule has 0 atom stereocenters. The van der Waals surface area contributed by atoms with Crippen LogP contribution in [0.5, 0.6) is 11.5 Å². The average molecular weight is 286 g/mol. The van der Waals surface area contributed by atoms with Crippen LogP contribution in [0.25, 0.3) is 0 Å². The van der Waals surface area contributed by atoms with Crippen molar-refractivity contribution >= 4 is 11.6 Å². The van der Waals surface area contributed by atoms with Gasteiger partial charge >= 0.3 is 0 Å². The van der Waals surface area contributed by atoms with Gasteiger partial charge in [0, 0.05) is 19.1 Å². The molecule has 0 aliphatic carbocycles. The molecule has 0 bridgehead atoms. The van der Waals surface area contributed by atoms with Crippen LogP contribution in [0.2, 0.25) is 5.02 Å². The van der Waals surface area contributed by atoms with E-state index in [4.69, 9.17) is 26.2 Å². The summed E-state index contributed by atoms with van der Waals surface area (Å²) in [7, 11) is 0. The van der Waals surface area contributed by atoms with Crippen molar-refractivity contribution in [1.29, 1.82) is 0 Å². The molecule has 1 aliphatic rings. The molecule has 0 spiro atoms. The van der Waals surface area contributed by atoms with Crippen LogP contribution in [0.3, 0.4) is 0 Å². The van der Waals surface area contributed by atoms with Crippen LogP contribution in [-0.4, -0.2) is 42.4 Å². The van der Waals surface area contributed by atoms with Gasteiger partial charge in [-0.05, 0) is 31.5 Å². The molecule has 0 amide bonds. The van der Waals surface area contributed by atoms with Crippen LogP contribution in [-0.2, 0) is 6.54 Å². The lowest BCUT2D eigenvalue weighted by Crippen LogP contribution is -2.33. The second kappa shape index (κ2) is 6.46. The third-order valence-corrected chi connectivity index (χ3v) is 3.44. The normalized spacial score (nSPS) is 14.2. The third kappa shape index (κ3) is 3.53. The van der Waals surface area contributed by atoms with Gasteiger partial charge in [-0.15, -0.1) is 0 Å². The highest BCUT2D eigenvalue weighted by Gasteiger charge is 2.18. The first-order valence-electron chi connectivity index (χ1n) is 6.54. The number of fused-ring (bicyclic) bond motifs is 1. The zero-order chi connectivity index (χ0) is 13.8. The Balaban J connectivity index is 2.18. The molecule has 0 saturated heterocycles. The highest BCUT2D eigenvalue weighted by Crippen LogP contribution is 2.38. The van der Waals surface area contributed by atoms with E-state index in [1.807, 2.05) is 12.1 Å². The first-order valence-corrected chi connectivity index (χ1v) is 6.92. The predicted molar refractivity (Wildman–Crippen MR) is 75.1 cm³/mol. The van der Waals surface area contributed by atoms with Crippen molar-refractivity contribution in [2.45, 2.75) is 26.4 Å². The Morgan fingerprint density at radius 3 is 2.74 bits per heavy atom. The number of benzene rings is 1.